The summed E-state index contributed by atoms with van der Waals surface area (Å²) < 4.78 is 0. The molecule has 0 atom stereocenters. The Kier molecular flexibility index (Phi) is 4.72. The molecule has 0 N–H and O–H groups in total. The fraction of sp³-hybridized carbons (Fsp3) is 0.200. The second-order valence-corrected chi connectivity index (χ2v) is 7.75. The number of anilines is 1. The van der Waals surface area contributed by atoms with Crippen LogP contribution in [-0.4, -0.2) is 47.8 Å². The molecule has 31 heavy (non-hydrogen) atoms. The van der Waals surface area contributed by atoms with Crippen LogP contribution < -0.4 is 4.90 Å². The molecule has 1 saturated heterocycles. The molecule has 3 aromatic rings. The number of ketones is 1. The number of aromatic nitrogens is 1. The summed E-state index contributed by atoms with van der Waals surface area (Å²) in [5.41, 5.74) is 4.17. The van der Waals surface area contributed by atoms with Crippen molar-refractivity contribution in [3.05, 3.63) is 83.0 Å². The van der Waals surface area contributed by atoms with Gasteiger partial charge in [0.2, 0.25) is 0 Å². The summed E-state index contributed by atoms with van der Waals surface area (Å²) in [4.78, 5) is 34.3. The lowest BCUT2D eigenvalue weighted by Crippen LogP contribution is -2.35. The normalized spacial score (nSPS) is 15.1. The van der Waals surface area contributed by atoms with Gasteiger partial charge in [0.05, 0.1) is 5.56 Å². The van der Waals surface area contributed by atoms with Gasteiger partial charge in [0.15, 0.2) is 5.78 Å². The number of amides is 1. The number of hydrogen-bond acceptors (Lipinski definition) is 5. The molecule has 0 saturated carbocycles. The number of rotatable bonds is 2. The van der Waals surface area contributed by atoms with Gasteiger partial charge in [-0.15, -0.1) is 0 Å². The zero-order valence-electron chi connectivity index (χ0n) is 16.9. The lowest BCUT2D eigenvalue weighted by atomic mass is 10.0. The minimum absolute atomic E-state index is 0.0264. The van der Waals surface area contributed by atoms with E-state index >= 15 is 0 Å². The third kappa shape index (κ3) is 3.24. The quantitative estimate of drug-likeness (QED) is 0.507. The van der Waals surface area contributed by atoms with E-state index in [0.717, 1.165) is 24.1 Å². The van der Waals surface area contributed by atoms with Gasteiger partial charge in [-0.2, -0.15) is 5.26 Å². The minimum Gasteiger partial charge on any atom is -0.354 e. The van der Waals surface area contributed by atoms with Gasteiger partial charge in [-0.1, -0.05) is 30.3 Å². The molecule has 0 spiro atoms. The number of hydrogen-bond donors (Lipinski definition) is 0. The minimum atomic E-state index is -0.0741. The number of carbonyl (C=O) groups is 2. The smallest absolute Gasteiger partial charge is 0.253 e. The fourth-order valence-corrected chi connectivity index (χ4v) is 4.41. The topological polar surface area (TPSA) is 77.3 Å². The highest BCUT2D eigenvalue weighted by Crippen LogP contribution is 2.36. The lowest BCUT2D eigenvalue weighted by Gasteiger charge is -2.23. The van der Waals surface area contributed by atoms with Crippen LogP contribution in [0.5, 0.6) is 0 Å². The van der Waals surface area contributed by atoms with E-state index in [9.17, 15) is 14.9 Å². The number of nitrogens with zero attached hydrogens (tertiary/aromatic N) is 4. The van der Waals surface area contributed by atoms with Crippen LogP contribution in [0.4, 0.5) is 5.82 Å². The van der Waals surface area contributed by atoms with Crippen LogP contribution in [0, 0.1) is 11.3 Å². The lowest BCUT2D eigenvalue weighted by molar-refractivity contribution is 0.0767. The van der Waals surface area contributed by atoms with Crippen molar-refractivity contribution >= 4 is 17.5 Å². The number of carbonyl (C=O) groups excluding carboxylic acids is 2. The Morgan fingerprint density at radius 2 is 1.71 bits per heavy atom. The van der Waals surface area contributed by atoms with Crippen molar-refractivity contribution in [2.45, 2.75) is 6.42 Å². The molecule has 1 aromatic heterocycles. The van der Waals surface area contributed by atoms with Crippen molar-refractivity contribution < 1.29 is 9.59 Å². The van der Waals surface area contributed by atoms with Gasteiger partial charge < -0.3 is 9.80 Å². The summed E-state index contributed by atoms with van der Waals surface area (Å²) in [5.74, 6) is 0.566. The van der Waals surface area contributed by atoms with Gasteiger partial charge in [0.25, 0.3) is 5.91 Å². The van der Waals surface area contributed by atoms with Gasteiger partial charge in [-0.3, -0.25) is 9.59 Å². The Morgan fingerprint density at radius 3 is 2.55 bits per heavy atom. The number of benzene rings is 2. The van der Waals surface area contributed by atoms with E-state index < -0.39 is 0 Å². The summed E-state index contributed by atoms with van der Waals surface area (Å²) in [7, 11) is 0. The molecule has 0 bridgehead atoms. The van der Waals surface area contributed by atoms with E-state index in [2.05, 4.69) is 16.0 Å². The van der Waals surface area contributed by atoms with Crippen molar-refractivity contribution in [1.82, 2.24) is 9.88 Å². The molecule has 6 nitrogen and oxygen atoms in total. The number of fused-ring (bicyclic) bond motifs is 3. The molecular weight excluding hydrogens is 388 g/mol. The Morgan fingerprint density at radius 1 is 0.903 bits per heavy atom. The molecule has 1 aliphatic heterocycles. The predicted molar refractivity (Wildman–Crippen MR) is 117 cm³/mol. The highest BCUT2D eigenvalue weighted by Gasteiger charge is 2.28. The Balaban J connectivity index is 1.36. The van der Waals surface area contributed by atoms with Crippen molar-refractivity contribution in [2.24, 2.45) is 0 Å². The number of pyridine rings is 1. The molecule has 2 heterocycles. The molecule has 1 amide bonds. The summed E-state index contributed by atoms with van der Waals surface area (Å²) in [5, 5.41) is 9.36. The molecule has 1 fully saturated rings. The predicted octanol–water partition coefficient (Wildman–Crippen LogP) is 3.52. The molecule has 0 unspecified atom stereocenters. The molecule has 6 heteroatoms. The first-order chi connectivity index (χ1) is 15.2. The molecule has 5 rings (SSSR count). The monoisotopic (exact) mass is 408 g/mol. The fourth-order valence-electron chi connectivity index (χ4n) is 4.41. The molecular formula is C25H20N4O2. The highest BCUT2D eigenvalue weighted by molar-refractivity contribution is 6.22. The van der Waals surface area contributed by atoms with Gasteiger partial charge in [-0.25, -0.2) is 4.98 Å². The Hall–Kier alpha value is -3.98. The molecule has 2 aromatic carbocycles. The first-order valence-electron chi connectivity index (χ1n) is 10.3. The van der Waals surface area contributed by atoms with Gasteiger partial charge >= 0.3 is 0 Å². The highest BCUT2D eigenvalue weighted by atomic mass is 16.2. The van der Waals surface area contributed by atoms with E-state index in [-0.39, 0.29) is 11.7 Å². The van der Waals surface area contributed by atoms with Gasteiger partial charge in [0.1, 0.15) is 11.9 Å². The zero-order chi connectivity index (χ0) is 21.4. The van der Waals surface area contributed by atoms with Crippen LogP contribution in [0.25, 0.3) is 11.1 Å². The maximum atomic E-state index is 13.2. The molecule has 2 aliphatic rings. The average molecular weight is 408 g/mol. The molecule has 0 radical (unpaired) electrons. The summed E-state index contributed by atoms with van der Waals surface area (Å²) >= 11 is 0. The van der Waals surface area contributed by atoms with Crippen LogP contribution in [-0.2, 0) is 0 Å². The maximum Gasteiger partial charge on any atom is 0.253 e. The SMILES string of the molecule is N#Cc1cccnc1N1CCCN(C(=O)c2ccc3c(c2)C(=O)c2ccccc2-3)CC1. The Bertz CT molecular complexity index is 1240. The van der Waals surface area contributed by atoms with Crippen LogP contribution in [0.15, 0.2) is 60.8 Å². The van der Waals surface area contributed by atoms with Gasteiger partial charge in [-0.05, 0) is 41.8 Å². The van der Waals surface area contributed by atoms with Crippen molar-refractivity contribution in [3.63, 3.8) is 0 Å². The summed E-state index contributed by atoms with van der Waals surface area (Å²) in [6.45, 7) is 2.49. The van der Waals surface area contributed by atoms with Crippen LogP contribution >= 0.6 is 0 Å². The molecule has 1 aliphatic carbocycles. The van der Waals surface area contributed by atoms with E-state index in [1.165, 1.54) is 0 Å². The second-order valence-electron chi connectivity index (χ2n) is 7.75. The Labute approximate surface area is 180 Å². The van der Waals surface area contributed by atoms with Crippen molar-refractivity contribution in [1.29, 1.82) is 5.26 Å². The number of nitriles is 1. The summed E-state index contributed by atoms with van der Waals surface area (Å²) in [6, 6.07) is 18.7. The van der Waals surface area contributed by atoms with E-state index in [1.807, 2.05) is 41.3 Å². The van der Waals surface area contributed by atoms with Crippen LogP contribution in [0.3, 0.4) is 0 Å². The van der Waals surface area contributed by atoms with Crippen LogP contribution in [0.2, 0.25) is 0 Å². The van der Waals surface area contributed by atoms with Crippen molar-refractivity contribution in [2.75, 3.05) is 31.1 Å². The summed E-state index contributed by atoms with van der Waals surface area (Å²) in [6.07, 6.45) is 2.46. The van der Waals surface area contributed by atoms with Gasteiger partial charge in [0, 0.05) is 49.1 Å². The van der Waals surface area contributed by atoms with E-state index in [0.29, 0.717) is 47.7 Å². The second kappa shape index (κ2) is 7.69. The van der Waals surface area contributed by atoms with E-state index in [1.54, 1.807) is 24.4 Å². The first-order valence-corrected chi connectivity index (χ1v) is 10.3. The molecule has 152 valence electrons. The van der Waals surface area contributed by atoms with Crippen LogP contribution in [0.1, 0.15) is 38.3 Å². The standard InChI is InChI=1S/C25H20N4O2/c26-16-18-5-3-10-27-24(18)28-11-4-12-29(14-13-28)25(31)17-8-9-20-19-6-1-2-7-21(19)23(30)22(20)15-17/h1-3,5-10,15H,4,11-14H2. The van der Waals surface area contributed by atoms with Crippen molar-refractivity contribution in [3.8, 4) is 17.2 Å². The van der Waals surface area contributed by atoms with E-state index in [4.69, 9.17) is 0 Å². The third-order valence-corrected chi connectivity index (χ3v) is 5.96. The average Bonchev–Trinajstić information content (AvgIpc) is 2.97. The first kappa shape index (κ1) is 19.0. The third-order valence-electron chi connectivity index (χ3n) is 5.96. The maximum absolute atomic E-state index is 13.2. The zero-order valence-corrected chi connectivity index (χ0v) is 16.9. The largest absolute Gasteiger partial charge is 0.354 e.